The number of fused-ring (bicyclic) bond motifs is 1. The molecule has 6 heteroatoms. The predicted octanol–water partition coefficient (Wildman–Crippen LogP) is 4.05. The van der Waals surface area contributed by atoms with Crippen LogP contribution in [0, 0.1) is 0 Å². The summed E-state index contributed by atoms with van der Waals surface area (Å²) < 4.78 is 10.3. The number of amides is 1. The Labute approximate surface area is 144 Å². The highest BCUT2D eigenvalue weighted by atomic mass is 32.1. The largest absolute Gasteiger partial charge is 0.465 e. The Morgan fingerprint density at radius 3 is 2.96 bits per heavy atom. The molecule has 24 heavy (non-hydrogen) atoms. The number of nitrogens with one attached hydrogen (secondary N) is 1. The lowest BCUT2D eigenvalue weighted by atomic mass is 9.95. The maximum Gasteiger partial charge on any atom is 0.341 e. The topological polar surface area (TPSA) is 68.5 Å². The van der Waals surface area contributed by atoms with Crippen molar-refractivity contribution in [2.75, 3.05) is 11.9 Å². The summed E-state index contributed by atoms with van der Waals surface area (Å²) in [5.41, 5.74) is 1.56. The highest BCUT2D eigenvalue weighted by Crippen LogP contribution is 2.38. The highest BCUT2D eigenvalue weighted by molar-refractivity contribution is 7.17. The quantitative estimate of drug-likeness (QED) is 0.656. The number of rotatable bonds is 5. The normalized spacial score (nSPS) is 13.7. The van der Waals surface area contributed by atoms with Crippen molar-refractivity contribution in [3.8, 4) is 0 Å². The van der Waals surface area contributed by atoms with Crippen molar-refractivity contribution >= 4 is 34.3 Å². The molecule has 0 bridgehead atoms. The third kappa shape index (κ3) is 3.59. The zero-order valence-electron chi connectivity index (χ0n) is 13.5. The Morgan fingerprint density at radius 1 is 1.38 bits per heavy atom. The third-order valence-corrected chi connectivity index (χ3v) is 5.04. The molecule has 2 aromatic heterocycles. The fourth-order valence-corrected chi connectivity index (χ4v) is 4.05. The van der Waals surface area contributed by atoms with Gasteiger partial charge in [0.1, 0.15) is 10.8 Å². The van der Waals surface area contributed by atoms with Gasteiger partial charge in [-0.05, 0) is 56.4 Å². The number of esters is 1. The first kappa shape index (κ1) is 16.5. The Morgan fingerprint density at radius 2 is 2.21 bits per heavy atom. The summed E-state index contributed by atoms with van der Waals surface area (Å²) in [6.07, 6.45) is 8.51. The Bertz CT molecular complexity index is 758. The van der Waals surface area contributed by atoms with E-state index in [0.29, 0.717) is 22.9 Å². The second-order valence-electron chi connectivity index (χ2n) is 5.47. The van der Waals surface area contributed by atoms with Gasteiger partial charge in [-0.3, -0.25) is 4.79 Å². The summed E-state index contributed by atoms with van der Waals surface area (Å²) in [6, 6.07) is 3.52. The minimum Gasteiger partial charge on any atom is -0.465 e. The second-order valence-corrected chi connectivity index (χ2v) is 6.58. The van der Waals surface area contributed by atoms with Crippen LogP contribution in [0.1, 0.15) is 46.3 Å². The first-order valence-corrected chi connectivity index (χ1v) is 8.85. The minimum absolute atomic E-state index is 0.296. The molecule has 0 unspecified atom stereocenters. The maximum absolute atomic E-state index is 12.3. The molecule has 1 aliphatic carbocycles. The molecule has 2 aromatic rings. The molecule has 0 saturated carbocycles. The molecule has 0 aliphatic heterocycles. The van der Waals surface area contributed by atoms with Crippen LogP contribution in [-0.2, 0) is 22.4 Å². The van der Waals surface area contributed by atoms with Crippen molar-refractivity contribution in [2.45, 2.75) is 32.6 Å². The van der Waals surface area contributed by atoms with Crippen LogP contribution in [0.5, 0.6) is 0 Å². The van der Waals surface area contributed by atoms with E-state index < -0.39 is 0 Å². The number of ether oxygens (including phenoxy) is 1. The average molecular weight is 345 g/mol. The summed E-state index contributed by atoms with van der Waals surface area (Å²) >= 11 is 1.48. The SMILES string of the molecule is CCOC(=O)c1c(NC(=O)C=Cc2ccco2)sc2c1CCCC2. The molecule has 3 rings (SSSR count). The zero-order chi connectivity index (χ0) is 16.9. The average Bonchev–Trinajstić information content (AvgIpc) is 3.20. The van der Waals surface area contributed by atoms with Gasteiger partial charge in [-0.25, -0.2) is 4.79 Å². The lowest BCUT2D eigenvalue weighted by Crippen LogP contribution is -2.14. The van der Waals surface area contributed by atoms with Gasteiger partial charge in [0, 0.05) is 11.0 Å². The fourth-order valence-electron chi connectivity index (χ4n) is 2.77. The van der Waals surface area contributed by atoms with Crippen molar-refractivity contribution in [3.05, 3.63) is 46.2 Å². The molecule has 0 fully saturated rings. The second kappa shape index (κ2) is 7.49. The summed E-state index contributed by atoms with van der Waals surface area (Å²) in [4.78, 5) is 25.7. The van der Waals surface area contributed by atoms with E-state index in [2.05, 4.69) is 5.32 Å². The van der Waals surface area contributed by atoms with E-state index in [9.17, 15) is 9.59 Å². The molecule has 0 saturated heterocycles. The van der Waals surface area contributed by atoms with E-state index in [-0.39, 0.29) is 11.9 Å². The molecule has 1 amide bonds. The molecule has 0 spiro atoms. The van der Waals surface area contributed by atoms with Gasteiger partial charge in [-0.15, -0.1) is 11.3 Å². The van der Waals surface area contributed by atoms with Crippen LogP contribution in [0.25, 0.3) is 6.08 Å². The number of furan rings is 1. The summed E-state index contributed by atoms with van der Waals surface area (Å²) in [7, 11) is 0. The van der Waals surface area contributed by atoms with E-state index in [1.165, 1.54) is 22.3 Å². The smallest absolute Gasteiger partial charge is 0.341 e. The van der Waals surface area contributed by atoms with Crippen LogP contribution >= 0.6 is 11.3 Å². The van der Waals surface area contributed by atoms with Gasteiger partial charge < -0.3 is 14.5 Å². The molecule has 1 N–H and O–H groups in total. The lowest BCUT2D eigenvalue weighted by Gasteiger charge is -2.12. The Kier molecular flexibility index (Phi) is 5.15. The molecule has 1 aliphatic rings. The summed E-state index contributed by atoms with van der Waals surface area (Å²) in [6.45, 7) is 2.09. The monoisotopic (exact) mass is 345 g/mol. The van der Waals surface area contributed by atoms with Crippen molar-refractivity contribution in [1.82, 2.24) is 0 Å². The number of hydrogen-bond donors (Lipinski definition) is 1. The molecule has 0 radical (unpaired) electrons. The van der Waals surface area contributed by atoms with E-state index >= 15 is 0 Å². The lowest BCUT2D eigenvalue weighted by molar-refractivity contribution is -0.111. The summed E-state index contributed by atoms with van der Waals surface area (Å²) in [5.74, 6) is -0.0565. The van der Waals surface area contributed by atoms with Gasteiger partial charge in [0.25, 0.3) is 0 Å². The number of carbonyl (C=O) groups excluding carboxylic acids is 2. The van der Waals surface area contributed by atoms with Crippen LogP contribution in [0.15, 0.2) is 28.9 Å². The van der Waals surface area contributed by atoms with Gasteiger partial charge in [-0.1, -0.05) is 0 Å². The van der Waals surface area contributed by atoms with Gasteiger partial charge in [0.2, 0.25) is 5.91 Å². The standard InChI is InChI=1S/C18H19NO4S/c1-2-22-18(21)16-13-7-3-4-8-14(13)24-17(16)19-15(20)10-9-12-6-5-11-23-12/h5-6,9-11H,2-4,7-8H2,1H3,(H,19,20). The number of carbonyl (C=O) groups is 2. The van der Waals surface area contributed by atoms with E-state index in [0.717, 1.165) is 31.2 Å². The van der Waals surface area contributed by atoms with Crippen molar-refractivity contribution in [3.63, 3.8) is 0 Å². The van der Waals surface area contributed by atoms with Gasteiger partial charge in [0.05, 0.1) is 18.4 Å². The Balaban J connectivity index is 1.82. The number of aryl methyl sites for hydroxylation is 1. The first-order chi connectivity index (χ1) is 11.7. The number of thiophene rings is 1. The number of anilines is 1. The highest BCUT2D eigenvalue weighted by Gasteiger charge is 2.26. The van der Waals surface area contributed by atoms with Gasteiger partial charge >= 0.3 is 5.97 Å². The Hall–Kier alpha value is -2.34. The van der Waals surface area contributed by atoms with Gasteiger partial charge in [0.15, 0.2) is 0 Å². The van der Waals surface area contributed by atoms with E-state index in [4.69, 9.17) is 9.15 Å². The molecule has 5 nitrogen and oxygen atoms in total. The molecule has 0 aromatic carbocycles. The van der Waals surface area contributed by atoms with Gasteiger partial charge in [-0.2, -0.15) is 0 Å². The van der Waals surface area contributed by atoms with Crippen LogP contribution in [-0.4, -0.2) is 18.5 Å². The van der Waals surface area contributed by atoms with Crippen molar-refractivity contribution in [1.29, 1.82) is 0 Å². The molecule has 126 valence electrons. The maximum atomic E-state index is 12.3. The van der Waals surface area contributed by atoms with Crippen LogP contribution in [0.3, 0.4) is 0 Å². The zero-order valence-corrected chi connectivity index (χ0v) is 14.3. The minimum atomic E-state index is -0.359. The fraction of sp³-hybridized carbons (Fsp3) is 0.333. The summed E-state index contributed by atoms with van der Waals surface area (Å²) in [5, 5.41) is 3.40. The van der Waals surface area contributed by atoms with Crippen LogP contribution in [0.4, 0.5) is 5.00 Å². The van der Waals surface area contributed by atoms with Crippen LogP contribution < -0.4 is 5.32 Å². The van der Waals surface area contributed by atoms with Crippen molar-refractivity contribution in [2.24, 2.45) is 0 Å². The van der Waals surface area contributed by atoms with E-state index in [1.54, 1.807) is 31.4 Å². The van der Waals surface area contributed by atoms with Crippen molar-refractivity contribution < 1.29 is 18.7 Å². The molecular weight excluding hydrogens is 326 g/mol. The predicted molar refractivity (Wildman–Crippen MR) is 93.3 cm³/mol. The molecule has 2 heterocycles. The molecule has 0 atom stereocenters. The molecular formula is C18H19NO4S. The first-order valence-electron chi connectivity index (χ1n) is 8.03. The van der Waals surface area contributed by atoms with E-state index in [1.807, 2.05) is 0 Å². The van der Waals surface area contributed by atoms with Crippen LogP contribution in [0.2, 0.25) is 0 Å². The number of hydrogen-bond acceptors (Lipinski definition) is 5. The third-order valence-electron chi connectivity index (χ3n) is 3.83.